The van der Waals surface area contributed by atoms with Crippen molar-refractivity contribution in [2.24, 2.45) is 0 Å². The molecule has 1 fully saturated rings. The van der Waals surface area contributed by atoms with Crippen LogP contribution in [0.15, 0.2) is 40.3 Å². The first-order valence-electron chi connectivity index (χ1n) is 10.4. The Kier molecular flexibility index (Phi) is 5.86. The van der Waals surface area contributed by atoms with E-state index in [9.17, 15) is 4.79 Å². The molecule has 0 saturated heterocycles. The summed E-state index contributed by atoms with van der Waals surface area (Å²) in [6, 6.07) is 10.1. The van der Waals surface area contributed by atoms with Crippen molar-refractivity contribution in [3.63, 3.8) is 0 Å². The van der Waals surface area contributed by atoms with Crippen LogP contribution in [0.5, 0.6) is 0 Å². The van der Waals surface area contributed by atoms with Crippen molar-refractivity contribution in [1.82, 2.24) is 24.7 Å². The lowest BCUT2D eigenvalue weighted by molar-refractivity contribution is 0.332. The lowest BCUT2D eigenvalue weighted by Gasteiger charge is -2.24. The van der Waals surface area contributed by atoms with E-state index in [4.69, 9.17) is 16.6 Å². The minimum absolute atomic E-state index is 0.101. The number of aryl methyl sites for hydroxylation is 1. The topological polar surface area (TPSA) is 76.5 Å². The molecule has 1 aliphatic carbocycles. The molecule has 1 N–H and O–H groups in total. The second-order valence-electron chi connectivity index (χ2n) is 7.82. The van der Waals surface area contributed by atoms with Gasteiger partial charge in [0.2, 0.25) is 0 Å². The number of hydrogen-bond donors (Lipinski definition) is 1. The number of nitrogens with one attached hydrogen (secondary N) is 1. The predicted molar refractivity (Wildman–Crippen MR) is 127 cm³/mol. The van der Waals surface area contributed by atoms with E-state index >= 15 is 0 Å². The Labute approximate surface area is 193 Å². The number of thioether (sulfide) groups is 1. The van der Waals surface area contributed by atoms with Gasteiger partial charge in [0.1, 0.15) is 16.3 Å². The largest absolute Gasteiger partial charge is 0.309 e. The molecule has 5 rings (SSSR count). The van der Waals surface area contributed by atoms with E-state index in [1.54, 1.807) is 11.8 Å². The molecule has 3 heterocycles. The zero-order chi connectivity index (χ0) is 21.4. The van der Waals surface area contributed by atoms with E-state index in [2.05, 4.69) is 19.7 Å². The zero-order valence-electron chi connectivity index (χ0n) is 17.1. The maximum absolute atomic E-state index is 12.7. The minimum Gasteiger partial charge on any atom is -0.309 e. The summed E-state index contributed by atoms with van der Waals surface area (Å²) < 4.78 is 2.91. The summed E-state index contributed by atoms with van der Waals surface area (Å²) in [5.41, 5.74) is 1.65. The normalized spacial score (nSPS) is 15.0. The molecule has 0 amide bonds. The van der Waals surface area contributed by atoms with Gasteiger partial charge in [-0.05, 0) is 43.5 Å². The molecule has 4 aromatic rings. The van der Waals surface area contributed by atoms with Crippen molar-refractivity contribution in [2.75, 3.05) is 0 Å². The first-order chi connectivity index (χ1) is 15.1. The summed E-state index contributed by atoms with van der Waals surface area (Å²) in [6.45, 7) is 2.02. The van der Waals surface area contributed by atoms with Crippen molar-refractivity contribution < 1.29 is 0 Å². The molecule has 6 nitrogen and oxygen atoms in total. The summed E-state index contributed by atoms with van der Waals surface area (Å²) in [5, 5.41) is 10.3. The number of halogens is 1. The summed E-state index contributed by atoms with van der Waals surface area (Å²) >= 11 is 9.02. The highest BCUT2D eigenvalue weighted by molar-refractivity contribution is 7.98. The fourth-order valence-corrected chi connectivity index (χ4v) is 6.20. The van der Waals surface area contributed by atoms with Crippen LogP contribution in [0.25, 0.3) is 20.7 Å². The fraction of sp³-hybridized carbons (Fsp3) is 0.364. The van der Waals surface area contributed by atoms with Crippen molar-refractivity contribution in [3.8, 4) is 10.4 Å². The summed E-state index contributed by atoms with van der Waals surface area (Å²) in [7, 11) is 0. The molecule has 0 unspecified atom stereocenters. The molecule has 0 atom stereocenters. The third-order valence-electron chi connectivity index (χ3n) is 5.67. The molecule has 0 aliphatic heterocycles. The third-order valence-corrected chi connectivity index (χ3v) is 8.05. The van der Waals surface area contributed by atoms with E-state index in [0.29, 0.717) is 27.3 Å². The van der Waals surface area contributed by atoms with Gasteiger partial charge >= 0.3 is 0 Å². The molecule has 9 heteroatoms. The quantitative estimate of drug-likeness (QED) is 0.361. The average molecular weight is 472 g/mol. The van der Waals surface area contributed by atoms with Gasteiger partial charge in [-0.2, -0.15) is 0 Å². The van der Waals surface area contributed by atoms with E-state index in [-0.39, 0.29) is 5.56 Å². The zero-order valence-corrected chi connectivity index (χ0v) is 19.5. The summed E-state index contributed by atoms with van der Waals surface area (Å²) in [5.74, 6) is 2.15. The molecular weight excluding hydrogens is 450 g/mol. The smallest absolute Gasteiger partial charge is 0.268 e. The maximum atomic E-state index is 12.7. The van der Waals surface area contributed by atoms with E-state index in [1.165, 1.54) is 43.4 Å². The van der Waals surface area contributed by atoms with E-state index in [1.807, 2.05) is 37.3 Å². The van der Waals surface area contributed by atoms with Crippen molar-refractivity contribution >= 4 is 44.9 Å². The van der Waals surface area contributed by atoms with Gasteiger partial charge in [-0.1, -0.05) is 54.8 Å². The standard InChI is InChI=1S/C22H22ClN5OS2/c1-13-26-27-22(28(13)16-5-3-2-4-6-16)30-12-19-24-17-11-18(31-20(17)21(29)25-19)14-7-9-15(23)10-8-14/h7-11,16H,2-6,12H2,1H3,(H,24,25,29). The molecule has 31 heavy (non-hydrogen) atoms. The number of thiophene rings is 1. The Hall–Kier alpha value is -2.16. The van der Waals surface area contributed by atoms with Gasteiger partial charge in [-0.25, -0.2) is 4.98 Å². The summed E-state index contributed by atoms with van der Waals surface area (Å²) in [4.78, 5) is 21.3. The van der Waals surface area contributed by atoms with Crippen molar-refractivity contribution in [3.05, 3.63) is 57.4 Å². The molecule has 3 aromatic heterocycles. The van der Waals surface area contributed by atoms with E-state index < -0.39 is 0 Å². The molecular formula is C22H22ClN5OS2. The van der Waals surface area contributed by atoms with Crippen LogP contribution in [0, 0.1) is 6.92 Å². The number of aromatic nitrogens is 5. The number of fused-ring (bicyclic) bond motifs is 1. The lowest BCUT2D eigenvalue weighted by Crippen LogP contribution is -2.15. The van der Waals surface area contributed by atoms with Gasteiger partial charge in [0, 0.05) is 15.9 Å². The van der Waals surface area contributed by atoms with Crippen LogP contribution < -0.4 is 5.56 Å². The Morgan fingerprint density at radius 1 is 1.19 bits per heavy atom. The molecule has 0 radical (unpaired) electrons. The Bertz CT molecular complexity index is 1270. The van der Waals surface area contributed by atoms with E-state index in [0.717, 1.165) is 26.9 Å². The molecule has 160 valence electrons. The monoisotopic (exact) mass is 471 g/mol. The number of aromatic amines is 1. The van der Waals surface area contributed by atoms with Gasteiger partial charge in [0.25, 0.3) is 5.56 Å². The van der Waals surface area contributed by atoms with Crippen LogP contribution in [0.4, 0.5) is 0 Å². The van der Waals surface area contributed by atoms with Crippen LogP contribution in [0.2, 0.25) is 5.02 Å². The fourth-order valence-electron chi connectivity index (χ4n) is 4.15. The van der Waals surface area contributed by atoms with Gasteiger partial charge in [0.05, 0.1) is 11.3 Å². The molecule has 1 aromatic carbocycles. The van der Waals surface area contributed by atoms with Gasteiger partial charge in [0.15, 0.2) is 5.16 Å². The lowest BCUT2D eigenvalue weighted by atomic mass is 9.95. The first-order valence-corrected chi connectivity index (χ1v) is 12.6. The van der Waals surface area contributed by atoms with Crippen LogP contribution in [-0.2, 0) is 5.75 Å². The number of rotatable bonds is 5. The molecule has 1 aliphatic rings. The number of hydrogen-bond acceptors (Lipinski definition) is 6. The Balaban J connectivity index is 1.39. The maximum Gasteiger partial charge on any atom is 0.268 e. The van der Waals surface area contributed by atoms with Crippen LogP contribution in [-0.4, -0.2) is 24.7 Å². The average Bonchev–Trinajstić information content (AvgIpc) is 3.37. The first kappa shape index (κ1) is 20.7. The minimum atomic E-state index is -0.101. The third kappa shape index (κ3) is 4.29. The molecule has 1 saturated carbocycles. The van der Waals surface area contributed by atoms with Crippen LogP contribution in [0.1, 0.15) is 49.8 Å². The summed E-state index contributed by atoms with van der Waals surface area (Å²) in [6.07, 6.45) is 6.17. The number of H-pyrrole nitrogens is 1. The van der Waals surface area contributed by atoms with Crippen LogP contribution >= 0.6 is 34.7 Å². The molecule has 0 spiro atoms. The Morgan fingerprint density at radius 3 is 2.74 bits per heavy atom. The molecule has 0 bridgehead atoms. The van der Waals surface area contributed by atoms with Gasteiger partial charge in [-0.3, -0.25) is 4.79 Å². The SMILES string of the molecule is Cc1nnc(SCc2nc3cc(-c4ccc(Cl)cc4)sc3c(=O)[nH]2)n1C1CCCCC1. The second-order valence-corrected chi connectivity index (χ2v) is 10.3. The Morgan fingerprint density at radius 2 is 1.97 bits per heavy atom. The number of nitrogens with zero attached hydrogens (tertiary/aromatic N) is 4. The van der Waals surface area contributed by atoms with Crippen molar-refractivity contribution in [2.45, 2.75) is 56.0 Å². The van der Waals surface area contributed by atoms with Gasteiger partial charge < -0.3 is 9.55 Å². The van der Waals surface area contributed by atoms with Crippen molar-refractivity contribution in [1.29, 1.82) is 0 Å². The van der Waals surface area contributed by atoms with Crippen LogP contribution in [0.3, 0.4) is 0 Å². The highest BCUT2D eigenvalue weighted by atomic mass is 35.5. The number of benzene rings is 1. The highest BCUT2D eigenvalue weighted by Gasteiger charge is 2.21. The second kappa shape index (κ2) is 8.76. The van der Waals surface area contributed by atoms with Gasteiger partial charge in [-0.15, -0.1) is 21.5 Å². The predicted octanol–water partition coefficient (Wildman–Crippen LogP) is 6.00. The highest BCUT2D eigenvalue weighted by Crippen LogP contribution is 2.34.